The summed E-state index contributed by atoms with van der Waals surface area (Å²) in [6.45, 7) is 2.29. The number of rotatable bonds is 7. The van der Waals surface area contributed by atoms with Crippen molar-refractivity contribution in [2.24, 2.45) is 0 Å². The van der Waals surface area contributed by atoms with E-state index in [1.165, 1.54) is 0 Å². The number of hydrogen-bond acceptors (Lipinski definition) is 4. The van der Waals surface area contributed by atoms with Crippen LogP contribution in [0.1, 0.15) is 46.3 Å². The number of carbonyl (C=O) groups is 3. The maximum Gasteiger partial charge on any atom is 0.262 e. The van der Waals surface area contributed by atoms with Crippen molar-refractivity contribution in [2.45, 2.75) is 32.2 Å². The van der Waals surface area contributed by atoms with Gasteiger partial charge in [0, 0.05) is 13.0 Å². The molecule has 3 amide bonds. The van der Waals surface area contributed by atoms with Crippen LogP contribution in [0.3, 0.4) is 0 Å². The number of fused-ring (bicyclic) bond motifs is 2. The maximum atomic E-state index is 12.8. The van der Waals surface area contributed by atoms with Gasteiger partial charge >= 0.3 is 0 Å². The third-order valence-corrected chi connectivity index (χ3v) is 5.10. The van der Waals surface area contributed by atoms with E-state index in [2.05, 4.69) is 15.3 Å². The van der Waals surface area contributed by atoms with Crippen LogP contribution in [0.2, 0.25) is 0 Å². The van der Waals surface area contributed by atoms with E-state index < -0.39 is 17.9 Å². The fourth-order valence-corrected chi connectivity index (χ4v) is 3.69. The molecule has 2 N–H and O–H groups in total. The minimum absolute atomic E-state index is 0.322. The Balaban J connectivity index is 1.44. The molecule has 0 saturated heterocycles. The molecule has 1 unspecified atom stereocenters. The molecule has 7 heteroatoms. The van der Waals surface area contributed by atoms with Gasteiger partial charge in [0.25, 0.3) is 11.8 Å². The minimum atomic E-state index is -0.817. The summed E-state index contributed by atoms with van der Waals surface area (Å²) < 4.78 is 0. The van der Waals surface area contributed by atoms with Crippen LogP contribution in [0.4, 0.5) is 0 Å². The second-order valence-corrected chi connectivity index (χ2v) is 7.07. The van der Waals surface area contributed by atoms with Crippen LogP contribution in [0.5, 0.6) is 0 Å². The number of imide groups is 1. The van der Waals surface area contributed by atoms with Crippen LogP contribution in [0.25, 0.3) is 11.0 Å². The zero-order valence-electron chi connectivity index (χ0n) is 16.1. The van der Waals surface area contributed by atoms with Crippen molar-refractivity contribution in [3.8, 4) is 0 Å². The van der Waals surface area contributed by atoms with Crippen LogP contribution >= 0.6 is 0 Å². The second-order valence-electron chi connectivity index (χ2n) is 7.07. The molecule has 0 saturated carbocycles. The van der Waals surface area contributed by atoms with Gasteiger partial charge in [-0.3, -0.25) is 19.3 Å². The number of para-hydroxylation sites is 2. The zero-order chi connectivity index (χ0) is 20.4. The number of aromatic amines is 1. The first-order valence-corrected chi connectivity index (χ1v) is 9.78. The molecular weight excluding hydrogens is 368 g/mol. The van der Waals surface area contributed by atoms with Crippen LogP contribution in [-0.2, 0) is 11.2 Å². The Morgan fingerprint density at radius 1 is 1.07 bits per heavy atom. The molecule has 29 heavy (non-hydrogen) atoms. The summed E-state index contributed by atoms with van der Waals surface area (Å²) >= 11 is 0. The third-order valence-electron chi connectivity index (χ3n) is 5.10. The van der Waals surface area contributed by atoms with E-state index in [0.717, 1.165) is 21.8 Å². The van der Waals surface area contributed by atoms with Crippen LogP contribution in [-0.4, -0.2) is 45.2 Å². The third kappa shape index (κ3) is 3.51. The average molecular weight is 390 g/mol. The Morgan fingerprint density at radius 3 is 2.38 bits per heavy atom. The molecule has 2 aromatic carbocycles. The van der Waals surface area contributed by atoms with Crippen LogP contribution < -0.4 is 5.32 Å². The van der Waals surface area contributed by atoms with E-state index in [1.807, 2.05) is 31.2 Å². The van der Waals surface area contributed by atoms with E-state index in [-0.39, 0.29) is 5.91 Å². The maximum absolute atomic E-state index is 12.8. The average Bonchev–Trinajstić information content (AvgIpc) is 3.25. The summed E-state index contributed by atoms with van der Waals surface area (Å²) in [4.78, 5) is 47.1. The Bertz CT molecular complexity index is 1020. The van der Waals surface area contributed by atoms with Gasteiger partial charge in [-0.1, -0.05) is 37.6 Å². The molecule has 1 aliphatic heterocycles. The normalized spacial score (nSPS) is 14.3. The van der Waals surface area contributed by atoms with Gasteiger partial charge in [0.15, 0.2) is 0 Å². The van der Waals surface area contributed by atoms with Gasteiger partial charge in [-0.15, -0.1) is 0 Å². The number of benzene rings is 2. The molecule has 0 fully saturated rings. The Morgan fingerprint density at radius 2 is 1.72 bits per heavy atom. The summed E-state index contributed by atoms with van der Waals surface area (Å²) in [6, 6.07) is 13.6. The topological polar surface area (TPSA) is 95.2 Å². The predicted molar refractivity (Wildman–Crippen MR) is 108 cm³/mol. The van der Waals surface area contributed by atoms with Crippen molar-refractivity contribution in [3.05, 3.63) is 65.5 Å². The molecule has 7 nitrogen and oxygen atoms in total. The van der Waals surface area contributed by atoms with E-state index in [9.17, 15) is 14.4 Å². The molecule has 0 radical (unpaired) electrons. The molecule has 148 valence electrons. The molecule has 0 spiro atoms. The Labute approximate surface area is 168 Å². The van der Waals surface area contributed by atoms with Crippen molar-refractivity contribution in [1.82, 2.24) is 20.2 Å². The van der Waals surface area contributed by atoms with Crippen molar-refractivity contribution in [2.75, 3.05) is 6.54 Å². The van der Waals surface area contributed by atoms with Crippen molar-refractivity contribution >= 4 is 28.8 Å². The first kappa shape index (κ1) is 18.9. The van der Waals surface area contributed by atoms with E-state index in [4.69, 9.17) is 0 Å². The lowest BCUT2D eigenvalue weighted by Crippen LogP contribution is -2.49. The first-order chi connectivity index (χ1) is 14.1. The van der Waals surface area contributed by atoms with E-state index in [0.29, 0.717) is 36.9 Å². The molecule has 1 atom stereocenters. The zero-order valence-corrected chi connectivity index (χ0v) is 16.1. The second kappa shape index (κ2) is 7.87. The summed E-state index contributed by atoms with van der Waals surface area (Å²) in [5, 5.41) is 2.86. The molecule has 0 aliphatic carbocycles. The van der Waals surface area contributed by atoms with Crippen LogP contribution in [0, 0.1) is 0 Å². The minimum Gasteiger partial charge on any atom is -0.354 e. The highest BCUT2D eigenvalue weighted by Crippen LogP contribution is 2.26. The standard InChI is InChI=1S/C22H22N4O3/c1-2-7-18(26-21(28)14-8-3-4-9-15(14)22(26)29)20(27)23-13-12-19-24-16-10-5-6-11-17(16)25-19/h3-6,8-11,18H,2,7,12-13H2,1H3,(H,23,27)(H,24,25). The molecule has 0 bridgehead atoms. The number of H-pyrrole nitrogens is 1. The molecule has 3 aromatic rings. The first-order valence-electron chi connectivity index (χ1n) is 9.78. The Hall–Kier alpha value is -3.48. The fourth-order valence-electron chi connectivity index (χ4n) is 3.69. The smallest absolute Gasteiger partial charge is 0.262 e. The van der Waals surface area contributed by atoms with Gasteiger partial charge in [-0.2, -0.15) is 0 Å². The van der Waals surface area contributed by atoms with Gasteiger partial charge in [0.05, 0.1) is 22.2 Å². The van der Waals surface area contributed by atoms with Crippen molar-refractivity contribution in [3.63, 3.8) is 0 Å². The van der Waals surface area contributed by atoms with Gasteiger partial charge < -0.3 is 10.3 Å². The van der Waals surface area contributed by atoms with Gasteiger partial charge in [-0.25, -0.2) is 4.98 Å². The van der Waals surface area contributed by atoms with Gasteiger partial charge in [0.1, 0.15) is 11.9 Å². The van der Waals surface area contributed by atoms with Crippen molar-refractivity contribution < 1.29 is 14.4 Å². The molecule has 4 rings (SSSR count). The highest BCUT2D eigenvalue weighted by Gasteiger charge is 2.42. The Kier molecular flexibility index (Phi) is 5.12. The fraction of sp³-hybridized carbons (Fsp3) is 0.273. The summed E-state index contributed by atoms with van der Waals surface area (Å²) in [5.41, 5.74) is 2.54. The number of hydrogen-bond donors (Lipinski definition) is 2. The van der Waals surface area contributed by atoms with E-state index in [1.54, 1.807) is 24.3 Å². The van der Waals surface area contributed by atoms with Crippen molar-refractivity contribution in [1.29, 1.82) is 0 Å². The van der Waals surface area contributed by atoms with Crippen LogP contribution in [0.15, 0.2) is 48.5 Å². The molecular formula is C22H22N4O3. The number of amides is 3. The monoisotopic (exact) mass is 390 g/mol. The summed E-state index contributed by atoms with van der Waals surface area (Å²) in [6.07, 6.45) is 1.62. The highest BCUT2D eigenvalue weighted by molar-refractivity contribution is 6.22. The van der Waals surface area contributed by atoms with E-state index >= 15 is 0 Å². The molecule has 2 heterocycles. The number of carbonyl (C=O) groups excluding carboxylic acids is 3. The quantitative estimate of drug-likeness (QED) is 0.607. The SMILES string of the molecule is CCCC(C(=O)NCCc1nc2ccccc2[nH]1)N1C(=O)c2ccccc2C1=O. The number of aromatic nitrogens is 2. The van der Waals surface area contributed by atoms with Gasteiger partial charge in [0.2, 0.25) is 5.91 Å². The predicted octanol–water partition coefficient (Wildman–Crippen LogP) is 2.69. The highest BCUT2D eigenvalue weighted by atomic mass is 16.2. The molecule has 1 aromatic heterocycles. The largest absolute Gasteiger partial charge is 0.354 e. The lowest BCUT2D eigenvalue weighted by Gasteiger charge is -2.25. The molecule has 1 aliphatic rings. The number of imidazole rings is 1. The number of nitrogens with zero attached hydrogens (tertiary/aromatic N) is 2. The number of nitrogens with one attached hydrogen (secondary N) is 2. The summed E-state index contributed by atoms with van der Waals surface area (Å²) in [5.74, 6) is -0.357. The van der Waals surface area contributed by atoms with Gasteiger partial charge in [-0.05, 0) is 30.7 Å². The lowest BCUT2D eigenvalue weighted by molar-refractivity contribution is -0.125. The summed E-state index contributed by atoms with van der Waals surface area (Å²) in [7, 11) is 0. The lowest BCUT2D eigenvalue weighted by atomic mass is 10.1.